The van der Waals surface area contributed by atoms with Crippen LogP contribution in [0.1, 0.15) is 23.3 Å². The highest BCUT2D eigenvalue weighted by Crippen LogP contribution is 2.25. The summed E-state index contributed by atoms with van der Waals surface area (Å²) in [6.45, 7) is 2.64. The maximum atomic E-state index is 12.0. The van der Waals surface area contributed by atoms with E-state index in [4.69, 9.17) is 0 Å². The van der Waals surface area contributed by atoms with Crippen molar-refractivity contribution in [2.75, 3.05) is 24.5 Å². The van der Waals surface area contributed by atoms with E-state index in [1.54, 1.807) is 12.3 Å². The van der Waals surface area contributed by atoms with Crippen LogP contribution in [0.25, 0.3) is 11.3 Å². The summed E-state index contributed by atoms with van der Waals surface area (Å²) in [6, 6.07) is 16.0. The molecule has 0 unspecified atom stereocenters. The van der Waals surface area contributed by atoms with Gasteiger partial charge >= 0.3 is 0 Å². The molecular formula is C20H23N5O. The Morgan fingerprint density at radius 1 is 1.15 bits per heavy atom. The summed E-state index contributed by atoms with van der Waals surface area (Å²) in [4.78, 5) is 17.3. The zero-order valence-corrected chi connectivity index (χ0v) is 14.6. The number of hydrogen-bond acceptors (Lipinski definition) is 3. The van der Waals surface area contributed by atoms with Gasteiger partial charge in [0.15, 0.2) is 5.82 Å². The van der Waals surface area contributed by atoms with Gasteiger partial charge in [0.2, 0.25) is 0 Å². The molecule has 1 saturated heterocycles. The smallest absolute Gasteiger partial charge is 0.267 e. The van der Waals surface area contributed by atoms with Crippen LogP contribution in [0.2, 0.25) is 0 Å². The molecule has 3 aromatic rings. The standard InChI is InChI=1S/C20H23N5O/c26-20(17-7-4-10-21-17)22-14-15-8-11-25(12-9-15)19-13-18(23-24-19)16-5-2-1-3-6-16/h1-7,10,13,15,21H,8-9,11-12,14H2,(H,22,26)(H,23,24). The summed E-state index contributed by atoms with van der Waals surface area (Å²) in [5.41, 5.74) is 2.81. The molecule has 6 heteroatoms. The van der Waals surface area contributed by atoms with Crippen LogP contribution in [0.4, 0.5) is 5.82 Å². The lowest BCUT2D eigenvalue weighted by molar-refractivity contribution is 0.0940. The predicted octanol–water partition coefficient (Wildman–Crippen LogP) is 3.05. The summed E-state index contributed by atoms with van der Waals surface area (Å²) in [6.07, 6.45) is 3.87. The van der Waals surface area contributed by atoms with Crippen molar-refractivity contribution in [3.05, 3.63) is 60.4 Å². The molecule has 2 aromatic heterocycles. The number of anilines is 1. The Hall–Kier alpha value is -3.02. The van der Waals surface area contributed by atoms with Crippen LogP contribution in [0.5, 0.6) is 0 Å². The van der Waals surface area contributed by atoms with Gasteiger partial charge in [0, 0.05) is 31.9 Å². The second-order valence-electron chi connectivity index (χ2n) is 6.73. The number of rotatable bonds is 5. The predicted molar refractivity (Wildman–Crippen MR) is 102 cm³/mol. The van der Waals surface area contributed by atoms with Crippen molar-refractivity contribution in [2.24, 2.45) is 5.92 Å². The molecule has 1 aliphatic heterocycles. The van der Waals surface area contributed by atoms with Gasteiger partial charge in [-0.3, -0.25) is 9.89 Å². The summed E-state index contributed by atoms with van der Waals surface area (Å²) in [5, 5.41) is 10.6. The van der Waals surface area contributed by atoms with Crippen LogP contribution in [-0.4, -0.2) is 40.7 Å². The van der Waals surface area contributed by atoms with Crippen molar-refractivity contribution in [3.63, 3.8) is 0 Å². The van der Waals surface area contributed by atoms with Crippen LogP contribution in [0.3, 0.4) is 0 Å². The number of amides is 1. The number of benzene rings is 1. The minimum atomic E-state index is -0.0303. The fourth-order valence-electron chi connectivity index (χ4n) is 3.41. The van der Waals surface area contributed by atoms with Crippen molar-refractivity contribution in [1.29, 1.82) is 0 Å². The summed E-state index contributed by atoms with van der Waals surface area (Å²) in [7, 11) is 0. The number of hydrogen-bond donors (Lipinski definition) is 3. The van der Waals surface area contributed by atoms with E-state index in [2.05, 4.69) is 43.6 Å². The van der Waals surface area contributed by atoms with E-state index >= 15 is 0 Å². The van der Waals surface area contributed by atoms with Crippen LogP contribution in [0, 0.1) is 5.92 Å². The lowest BCUT2D eigenvalue weighted by atomic mass is 9.96. The summed E-state index contributed by atoms with van der Waals surface area (Å²) < 4.78 is 0. The van der Waals surface area contributed by atoms with Gasteiger partial charge in [-0.25, -0.2) is 0 Å². The number of piperidine rings is 1. The van der Waals surface area contributed by atoms with Crippen LogP contribution in [-0.2, 0) is 0 Å². The van der Waals surface area contributed by atoms with Gasteiger partial charge in [-0.2, -0.15) is 5.10 Å². The molecule has 3 heterocycles. The third kappa shape index (κ3) is 3.64. The molecule has 3 N–H and O–H groups in total. The first-order valence-electron chi connectivity index (χ1n) is 9.07. The SMILES string of the molecule is O=C(NCC1CCN(c2cc(-c3ccccc3)[nH]n2)CC1)c1ccc[nH]1. The Balaban J connectivity index is 1.29. The topological polar surface area (TPSA) is 76.8 Å². The minimum Gasteiger partial charge on any atom is -0.357 e. The van der Waals surface area contributed by atoms with Gasteiger partial charge in [0.1, 0.15) is 5.69 Å². The molecule has 1 amide bonds. The fourth-order valence-corrected chi connectivity index (χ4v) is 3.41. The van der Waals surface area contributed by atoms with E-state index in [1.807, 2.05) is 24.3 Å². The Labute approximate surface area is 152 Å². The molecule has 0 bridgehead atoms. The Morgan fingerprint density at radius 2 is 1.96 bits per heavy atom. The number of nitrogens with one attached hydrogen (secondary N) is 3. The highest BCUT2D eigenvalue weighted by atomic mass is 16.1. The molecule has 1 fully saturated rings. The van der Waals surface area contributed by atoms with E-state index in [0.717, 1.165) is 49.6 Å². The maximum absolute atomic E-state index is 12.0. The van der Waals surface area contributed by atoms with Crippen molar-refractivity contribution in [3.8, 4) is 11.3 Å². The monoisotopic (exact) mass is 349 g/mol. The molecule has 1 aromatic carbocycles. The average Bonchev–Trinajstić information content (AvgIpc) is 3.39. The molecule has 0 saturated carbocycles. The third-order valence-electron chi connectivity index (χ3n) is 4.98. The first-order chi connectivity index (χ1) is 12.8. The molecule has 0 aliphatic carbocycles. The van der Waals surface area contributed by atoms with Gasteiger partial charge in [0.05, 0.1) is 5.69 Å². The first kappa shape index (κ1) is 16.4. The van der Waals surface area contributed by atoms with Gasteiger partial charge in [0.25, 0.3) is 5.91 Å². The van der Waals surface area contributed by atoms with Crippen LogP contribution < -0.4 is 10.2 Å². The third-order valence-corrected chi connectivity index (χ3v) is 4.98. The molecule has 1 aliphatic rings. The second kappa shape index (κ2) is 7.47. The van der Waals surface area contributed by atoms with Crippen molar-refractivity contribution in [2.45, 2.75) is 12.8 Å². The number of H-pyrrole nitrogens is 2. The average molecular weight is 349 g/mol. The number of carbonyl (C=O) groups excluding carboxylic acids is 1. The molecule has 0 atom stereocenters. The van der Waals surface area contributed by atoms with Gasteiger partial charge in [-0.05, 0) is 36.5 Å². The highest BCUT2D eigenvalue weighted by molar-refractivity contribution is 5.92. The van der Waals surface area contributed by atoms with Gasteiger partial charge < -0.3 is 15.2 Å². The van der Waals surface area contributed by atoms with Crippen LogP contribution >= 0.6 is 0 Å². The Kier molecular flexibility index (Phi) is 4.73. The van der Waals surface area contributed by atoms with Gasteiger partial charge in [-0.15, -0.1) is 0 Å². The zero-order chi connectivity index (χ0) is 17.8. The lowest BCUT2D eigenvalue weighted by Gasteiger charge is -2.32. The zero-order valence-electron chi connectivity index (χ0n) is 14.6. The lowest BCUT2D eigenvalue weighted by Crippen LogP contribution is -2.38. The fraction of sp³-hybridized carbons (Fsp3) is 0.300. The quantitative estimate of drug-likeness (QED) is 0.662. The Bertz CT molecular complexity index is 832. The molecule has 6 nitrogen and oxygen atoms in total. The maximum Gasteiger partial charge on any atom is 0.267 e. The van der Waals surface area contributed by atoms with E-state index in [0.29, 0.717) is 11.6 Å². The largest absolute Gasteiger partial charge is 0.357 e. The molecule has 4 rings (SSSR count). The molecular weight excluding hydrogens is 326 g/mol. The number of aromatic amines is 2. The summed E-state index contributed by atoms with van der Waals surface area (Å²) in [5.74, 6) is 1.48. The minimum absolute atomic E-state index is 0.0303. The molecule has 0 radical (unpaired) electrons. The molecule has 0 spiro atoms. The number of nitrogens with zero attached hydrogens (tertiary/aromatic N) is 2. The van der Waals surface area contributed by atoms with Crippen molar-refractivity contribution < 1.29 is 4.79 Å². The normalized spacial score (nSPS) is 15.2. The first-order valence-corrected chi connectivity index (χ1v) is 9.07. The second-order valence-corrected chi connectivity index (χ2v) is 6.73. The van der Waals surface area contributed by atoms with E-state index < -0.39 is 0 Å². The van der Waals surface area contributed by atoms with E-state index in [-0.39, 0.29) is 5.91 Å². The highest BCUT2D eigenvalue weighted by Gasteiger charge is 2.22. The number of aromatic nitrogens is 3. The summed E-state index contributed by atoms with van der Waals surface area (Å²) >= 11 is 0. The van der Waals surface area contributed by atoms with E-state index in [9.17, 15) is 4.79 Å². The van der Waals surface area contributed by atoms with Crippen LogP contribution in [0.15, 0.2) is 54.7 Å². The molecule has 26 heavy (non-hydrogen) atoms. The number of carbonyl (C=O) groups is 1. The van der Waals surface area contributed by atoms with E-state index in [1.165, 1.54) is 0 Å². The molecule has 134 valence electrons. The Morgan fingerprint density at radius 3 is 2.69 bits per heavy atom. The van der Waals surface area contributed by atoms with Crippen molar-refractivity contribution in [1.82, 2.24) is 20.5 Å². The van der Waals surface area contributed by atoms with Gasteiger partial charge in [-0.1, -0.05) is 30.3 Å². The van der Waals surface area contributed by atoms with Crippen molar-refractivity contribution >= 4 is 11.7 Å².